The van der Waals surface area contributed by atoms with Gasteiger partial charge < -0.3 is 19.9 Å². The minimum Gasteiger partial charge on any atom is -0.467 e. The van der Waals surface area contributed by atoms with Gasteiger partial charge in [-0.05, 0) is 63.6 Å². The number of hydrogen-bond acceptors (Lipinski definition) is 4. The van der Waals surface area contributed by atoms with Crippen LogP contribution in [0.4, 0.5) is 16.2 Å². The van der Waals surface area contributed by atoms with Crippen molar-refractivity contribution in [1.29, 1.82) is 0 Å². The number of carbonyl (C=O) groups is 2. The zero-order valence-corrected chi connectivity index (χ0v) is 22.5. The van der Waals surface area contributed by atoms with Crippen LogP contribution in [0, 0.1) is 20.8 Å². The van der Waals surface area contributed by atoms with Gasteiger partial charge in [0.1, 0.15) is 5.75 Å². The molecule has 0 radical (unpaired) electrons. The Kier molecular flexibility index (Phi) is 5.82. The van der Waals surface area contributed by atoms with E-state index in [1.807, 2.05) is 55.1 Å². The number of benzene rings is 3. The molecule has 6 rings (SSSR count). The highest BCUT2D eigenvalue weighted by Gasteiger charge is 2.50. The SMILES string of the molecule is Cc1ccc(N2CCN(C(=O)c3cccc(N4C(=O)NC5CC4(C)Oc4ccc(C)cc45)c3)CC2)c(C)c1. The number of hydrogen-bond donors (Lipinski definition) is 1. The molecule has 3 amide bonds. The van der Waals surface area contributed by atoms with E-state index < -0.39 is 5.72 Å². The Morgan fingerprint density at radius 2 is 1.68 bits per heavy atom. The number of ether oxygens (including phenoxy) is 1. The van der Waals surface area contributed by atoms with E-state index in [0.29, 0.717) is 30.8 Å². The molecule has 2 atom stereocenters. The van der Waals surface area contributed by atoms with Gasteiger partial charge in [-0.2, -0.15) is 0 Å². The zero-order valence-electron chi connectivity index (χ0n) is 22.5. The summed E-state index contributed by atoms with van der Waals surface area (Å²) >= 11 is 0. The molecule has 3 aromatic carbocycles. The first-order valence-corrected chi connectivity index (χ1v) is 13.3. The molecule has 196 valence electrons. The molecule has 0 saturated carbocycles. The van der Waals surface area contributed by atoms with E-state index in [1.54, 1.807) is 4.90 Å². The summed E-state index contributed by atoms with van der Waals surface area (Å²) < 4.78 is 6.43. The van der Waals surface area contributed by atoms with E-state index in [1.165, 1.54) is 16.8 Å². The predicted molar refractivity (Wildman–Crippen MR) is 149 cm³/mol. The molecule has 7 heteroatoms. The van der Waals surface area contributed by atoms with Gasteiger partial charge >= 0.3 is 6.03 Å². The number of piperazine rings is 1. The average Bonchev–Trinajstić information content (AvgIpc) is 2.89. The quantitative estimate of drug-likeness (QED) is 0.516. The molecular weight excluding hydrogens is 476 g/mol. The third-order valence-corrected chi connectivity index (χ3v) is 8.04. The lowest BCUT2D eigenvalue weighted by Gasteiger charge is -2.50. The third kappa shape index (κ3) is 4.16. The summed E-state index contributed by atoms with van der Waals surface area (Å²) in [6.45, 7) is 11.1. The molecular formula is C31H34N4O3. The summed E-state index contributed by atoms with van der Waals surface area (Å²) in [5.41, 5.74) is 6.27. The van der Waals surface area contributed by atoms with Crippen LogP contribution in [0.15, 0.2) is 60.7 Å². The average molecular weight is 511 g/mol. The monoisotopic (exact) mass is 510 g/mol. The number of aryl methyl sites for hydroxylation is 3. The Morgan fingerprint density at radius 1 is 0.947 bits per heavy atom. The first kappa shape index (κ1) is 24.3. The van der Waals surface area contributed by atoms with Crippen molar-refractivity contribution in [2.24, 2.45) is 0 Å². The molecule has 3 aromatic rings. The molecule has 0 aliphatic carbocycles. The lowest BCUT2D eigenvalue weighted by molar-refractivity contribution is 0.0377. The summed E-state index contributed by atoms with van der Waals surface area (Å²) in [6, 6.07) is 19.6. The second kappa shape index (κ2) is 9.08. The van der Waals surface area contributed by atoms with E-state index >= 15 is 0 Å². The molecule has 2 fully saturated rings. The molecule has 0 aromatic heterocycles. The summed E-state index contributed by atoms with van der Waals surface area (Å²) in [5, 5.41) is 3.15. The topological polar surface area (TPSA) is 65.1 Å². The maximum atomic E-state index is 13.5. The van der Waals surface area contributed by atoms with Gasteiger partial charge in [0.2, 0.25) is 0 Å². The van der Waals surface area contributed by atoms with E-state index in [4.69, 9.17) is 4.74 Å². The number of carbonyl (C=O) groups excluding carboxylic acids is 2. The Morgan fingerprint density at radius 3 is 2.45 bits per heavy atom. The van der Waals surface area contributed by atoms with Crippen LogP contribution in [0.1, 0.15) is 52.0 Å². The standard InChI is InChI=1S/C31H34N4O3/c1-20-8-10-27(22(3)16-20)33-12-14-34(15-13-33)29(36)23-6-5-7-24(18-23)35-30(37)32-26-19-31(35,4)38-28-11-9-21(2)17-25(26)28/h5-11,16-18,26H,12-15,19H2,1-4H3,(H,32,37). The summed E-state index contributed by atoms with van der Waals surface area (Å²) in [7, 11) is 0. The fourth-order valence-corrected chi connectivity index (χ4v) is 6.16. The van der Waals surface area contributed by atoms with Crippen molar-refractivity contribution in [3.63, 3.8) is 0 Å². The van der Waals surface area contributed by atoms with Crippen molar-refractivity contribution in [2.45, 2.75) is 45.9 Å². The molecule has 7 nitrogen and oxygen atoms in total. The molecule has 3 aliphatic heterocycles. The van der Waals surface area contributed by atoms with Gasteiger partial charge in [0, 0.05) is 49.4 Å². The third-order valence-electron chi connectivity index (χ3n) is 8.04. The van der Waals surface area contributed by atoms with Crippen molar-refractivity contribution < 1.29 is 14.3 Å². The van der Waals surface area contributed by atoms with Crippen LogP contribution < -0.4 is 19.9 Å². The lowest BCUT2D eigenvalue weighted by atomic mass is 9.89. The van der Waals surface area contributed by atoms with Gasteiger partial charge in [-0.25, -0.2) is 4.79 Å². The molecule has 3 aliphatic rings. The van der Waals surface area contributed by atoms with Crippen LogP contribution >= 0.6 is 0 Å². The zero-order chi connectivity index (χ0) is 26.6. The van der Waals surface area contributed by atoms with E-state index in [-0.39, 0.29) is 18.0 Å². The Labute approximate surface area is 224 Å². The highest BCUT2D eigenvalue weighted by molar-refractivity contribution is 5.99. The minimum atomic E-state index is -0.853. The highest BCUT2D eigenvalue weighted by atomic mass is 16.5. The fraction of sp³-hybridized carbons (Fsp3) is 0.355. The maximum absolute atomic E-state index is 13.5. The number of nitrogens with zero attached hydrogens (tertiary/aromatic N) is 3. The van der Waals surface area contributed by atoms with Crippen LogP contribution in [0.25, 0.3) is 0 Å². The fourth-order valence-electron chi connectivity index (χ4n) is 6.16. The molecule has 2 saturated heterocycles. The number of amides is 3. The highest BCUT2D eigenvalue weighted by Crippen LogP contribution is 2.45. The number of nitrogens with one attached hydrogen (secondary N) is 1. The second-order valence-electron chi connectivity index (χ2n) is 11.0. The summed E-state index contributed by atoms with van der Waals surface area (Å²) in [5.74, 6) is 0.770. The molecule has 2 unspecified atom stereocenters. The van der Waals surface area contributed by atoms with Crippen molar-refractivity contribution >= 4 is 23.3 Å². The maximum Gasteiger partial charge on any atom is 0.325 e. The van der Waals surface area contributed by atoms with Gasteiger partial charge in [0.15, 0.2) is 5.72 Å². The van der Waals surface area contributed by atoms with Crippen LogP contribution in [0.3, 0.4) is 0 Å². The van der Waals surface area contributed by atoms with E-state index in [9.17, 15) is 9.59 Å². The Balaban J connectivity index is 1.20. The van der Waals surface area contributed by atoms with Crippen molar-refractivity contribution in [1.82, 2.24) is 10.2 Å². The number of urea groups is 1. The largest absolute Gasteiger partial charge is 0.467 e. The van der Waals surface area contributed by atoms with E-state index in [2.05, 4.69) is 48.3 Å². The van der Waals surface area contributed by atoms with Crippen LogP contribution in [-0.4, -0.2) is 48.7 Å². The first-order valence-electron chi connectivity index (χ1n) is 13.3. The summed E-state index contributed by atoms with van der Waals surface area (Å²) in [6.07, 6.45) is 0.619. The molecule has 3 heterocycles. The van der Waals surface area contributed by atoms with Crippen LogP contribution in [-0.2, 0) is 0 Å². The van der Waals surface area contributed by atoms with E-state index in [0.717, 1.165) is 30.0 Å². The Bertz CT molecular complexity index is 1430. The van der Waals surface area contributed by atoms with Crippen molar-refractivity contribution in [2.75, 3.05) is 36.0 Å². The first-order chi connectivity index (χ1) is 18.2. The molecule has 2 bridgehead atoms. The smallest absolute Gasteiger partial charge is 0.325 e. The molecule has 38 heavy (non-hydrogen) atoms. The lowest BCUT2D eigenvalue weighted by Crippen LogP contribution is -2.65. The van der Waals surface area contributed by atoms with Gasteiger partial charge in [-0.1, -0.05) is 41.5 Å². The Hall–Kier alpha value is -4.00. The van der Waals surface area contributed by atoms with Crippen LogP contribution in [0.2, 0.25) is 0 Å². The molecule has 0 spiro atoms. The number of fused-ring (bicyclic) bond motifs is 4. The van der Waals surface area contributed by atoms with Gasteiger partial charge in [0.25, 0.3) is 5.91 Å². The van der Waals surface area contributed by atoms with Crippen LogP contribution in [0.5, 0.6) is 5.75 Å². The minimum absolute atomic E-state index is 0.0158. The summed E-state index contributed by atoms with van der Waals surface area (Å²) in [4.78, 5) is 32.8. The van der Waals surface area contributed by atoms with Gasteiger partial charge in [-0.15, -0.1) is 0 Å². The number of rotatable bonds is 3. The van der Waals surface area contributed by atoms with Crippen molar-refractivity contribution in [3.05, 3.63) is 88.5 Å². The van der Waals surface area contributed by atoms with Gasteiger partial charge in [-0.3, -0.25) is 9.69 Å². The normalized spacial score (nSPS) is 22.5. The second-order valence-corrected chi connectivity index (χ2v) is 11.0. The number of anilines is 2. The van der Waals surface area contributed by atoms with Crippen molar-refractivity contribution in [3.8, 4) is 5.75 Å². The predicted octanol–water partition coefficient (Wildman–Crippen LogP) is 5.34. The molecule has 1 N–H and O–H groups in total. The van der Waals surface area contributed by atoms with Gasteiger partial charge in [0.05, 0.1) is 11.7 Å².